The highest BCUT2D eigenvalue weighted by Crippen LogP contribution is 2.34. The summed E-state index contributed by atoms with van der Waals surface area (Å²) in [4.78, 5) is 6.96. The summed E-state index contributed by atoms with van der Waals surface area (Å²) in [7, 11) is 0. The van der Waals surface area contributed by atoms with Gasteiger partial charge < -0.3 is 10.6 Å². The maximum Gasteiger partial charge on any atom is 0.205 e. The van der Waals surface area contributed by atoms with Gasteiger partial charge in [0.15, 0.2) is 0 Å². The highest BCUT2D eigenvalue weighted by molar-refractivity contribution is 7.09. The summed E-state index contributed by atoms with van der Waals surface area (Å²) in [5.41, 5.74) is 8.06. The molecule has 1 heterocycles. The second kappa shape index (κ2) is 5.17. The molecule has 1 aliphatic rings. The van der Waals surface area contributed by atoms with Crippen LogP contribution in [0.1, 0.15) is 31.2 Å². The molecule has 1 saturated carbocycles. The van der Waals surface area contributed by atoms with Gasteiger partial charge in [0.2, 0.25) is 5.13 Å². The second-order valence-electron chi connectivity index (χ2n) is 4.90. The zero-order valence-electron chi connectivity index (χ0n) is 11.0. The Kier molecular flexibility index (Phi) is 3.38. The van der Waals surface area contributed by atoms with E-state index >= 15 is 0 Å². The first-order valence-electron chi connectivity index (χ1n) is 6.70. The zero-order chi connectivity index (χ0) is 13.2. The first kappa shape index (κ1) is 12.4. The van der Waals surface area contributed by atoms with Crippen LogP contribution in [-0.4, -0.2) is 15.4 Å². The Balaban J connectivity index is 1.83. The van der Waals surface area contributed by atoms with Gasteiger partial charge in [-0.3, -0.25) is 0 Å². The molecule has 100 valence electrons. The van der Waals surface area contributed by atoms with Crippen molar-refractivity contribution in [2.75, 3.05) is 10.6 Å². The number of anilines is 2. The first-order valence-corrected chi connectivity index (χ1v) is 7.48. The van der Waals surface area contributed by atoms with Crippen LogP contribution in [0.2, 0.25) is 0 Å². The third kappa shape index (κ3) is 2.71. The lowest BCUT2D eigenvalue weighted by molar-refractivity contribution is 0.786. The minimum absolute atomic E-state index is 0.609. The molecular weight excluding hydrogens is 256 g/mol. The molecule has 0 aliphatic heterocycles. The topological polar surface area (TPSA) is 55.0 Å². The molecule has 0 saturated heterocycles. The summed E-state index contributed by atoms with van der Waals surface area (Å²) >= 11 is 1.50. The number of para-hydroxylation sites is 1. The molecule has 2 N–H and O–H groups in total. The average Bonchev–Trinajstić information content (AvgIpc) is 3.15. The van der Waals surface area contributed by atoms with Crippen LogP contribution < -0.4 is 10.6 Å². The summed E-state index contributed by atoms with van der Waals surface area (Å²) in [5.74, 6) is 0.937. The van der Waals surface area contributed by atoms with E-state index in [0.29, 0.717) is 6.04 Å². The normalized spacial score (nSPS) is 14.6. The van der Waals surface area contributed by atoms with Crippen molar-refractivity contribution < 1.29 is 0 Å². The van der Waals surface area contributed by atoms with Crippen LogP contribution in [0.25, 0.3) is 0 Å². The van der Waals surface area contributed by atoms with E-state index in [1.807, 2.05) is 18.2 Å². The number of nitrogen functional groups attached to an aromatic ring is 1. The number of benzene rings is 1. The molecule has 0 bridgehead atoms. The third-order valence-corrected chi connectivity index (χ3v) is 4.19. The third-order valence-electron chi connectivity index (χ3n) is 3.40. The molecule has 0 amide bonds. The van der Waals surface area contributed by atoms with Gasteiger partial charge in [-0.15, -0.1) is 0 Å². The van der Waals surface area contributed by atoms with Crippen LogP contribution in [-0.2, 0) is 13.0 Å². The number of aromatic nitrogens is 2. The summed E-state index contributed by atoms with van der Waals surface area (Å²) < 4.78 is 4.39. The predicted octanol–water partition coefficient (Wildman–Crippen LogP) is 2.85. The number of hydrogen-bond donors (Lipinski definition) is 1. The molecule has 2 aromatic rings. The maximum absolute atomic E-state index is 6.04. The Morgan fingerprint density at radius 1 is 1.37 bits per heavy atom. The minimum Gasteiger partial charge on any atom is -0.398 e. The number of nitrogens with two attached hydrogens (primary N) is 1. The Labute approximate surface area is 117 Å². The van der Waals surface area contributed by atoms with E-state index in [1.165, 1.54) is 29.9 Å². The average molecular weight is 274 g/mol. The smallest absolute Gasteiger partial charge is 0.205 e. The lowest BCUT2D eigenvalue weighted by Gasteiger charge is -2.21. The van der Waals surface area contributed by atoms with Crippen molar-refractivity contribution in [1.29, 1.82) is 0 Å². The molecule has 0 unspecified atom stereocenters. The van der Waals surface area contributed by atoms with Crippen molar-refractivity contribution in [2.45, 2.75) is 38.8 Å². The van der Waals surface area contributed by atoms with Gasteiger partial charge in [0.1, 0.15) is 5.82 Å². The van der Waals surface area contributed by atoms with Crippen molar-refractivity contribution in [3.63, 3.8) is 0 Å². The fraction of sp³-hybridized carbons (Fsp3) is 0.429. The lowest BCUT2D eigenvalue weighted by atomic mass is 10.1. The van der Waals surface area contributed by atoms with Crippen molar-refractivity contribution in [2.24, 2.45) is 0 Å². The van der Waals surface area contributed by atoms with Crippen molar-refractivity contribution >= 4 is 22.4 Å². The van der Waals surface area contributed by atoms with Crippen LogP contribution in [0.4, 0.5) is 10.8 Å². The fourth-order valence-electron chi connectivity index (χ4n) is 2.11. The molecule has 3 rings (SSSR count). The predicted molar refractivity (Wildman–Crippen MR) is 79.3 cm³/mol. The minimum atomic E-state index is 0.609. The van der Waals surface area contributed by atoms with E-state index in [4.69, 9.17) is 5.73 Å². The van der Waals surface area contributed by atoms with Gasteiger partial charge in [-0.25, -0.2) is 4.98 Å². The summed E-state index contributed by atoms with van der Waals surface area (Å²) in [5, 5.41) is 1.03. The zero-order valence-corrected chi connectivity index (χ0v) is 11.9. The molecule has 4 nitrogen and oxygen atoms in total. The van der Waals surface area contributed by atoms with Crippen LogP contribution in [0.15, 0.2) is 24.3 Å². The molecule has 1 aromatic carbocycles. The summed E-state index contributed by atoms with van der Waals surface area (Å²) in [6.07, 6.45) is 3.38. The number of hydrogen-bond acceptors (Lipinski definition) is 5. The Hall–Kier alpha value is -1.62. The Bertz CT molecular complexity index is 562. The lowest BCUT2D eigenvalue weighted by Crippen LogP contribution is -2.25. The van der Waals surface area contributed by atoms with Crippen molar-refractivity contribution in [3.05, 3.63) is 35.7 Å². The molecule has 19 heavy (non-hydrogen) atoms. The van der Waals surface area contributed by atoms with Gasteiger partial charge >= 0.3 is 0 Å². The molecular formula is C14H18N4S. The Morgan fingerprint density at radius 2 is 2.16 bits per heavy atom. The van der Waals surface area contributed by atoms with E-state index in [1.54, 1.807) is 0 Å². The van der Waals surface area contributed by atoms with Gasteiger partial charge in [0, 0.05) is 36.2 Å². The van der Waals surface area contributed by atoms with E-state index < -0.39 is 0 Å². The second-order valence-corrected chi connectivity index (χ2v) is 5.63. The molecule has 0 radical (unpaired) electrons. The van der Waals surface area contributed by atoms with Gasteiger partial charge in [0.05, 0.1) is 0 Å². The standard InChI is InChI=1S/C14H18N4S/c1-2-13-16-14(19-17-13)18(11-7-8-11)9-10-5-3-4-6-12(10)15/h3-6,11H,2,7-9,15H2,1H3. The van der Waals surface area contributed by atoms with Crippen LogP contribution >= 0.6 is 11.5 Å². The molecule has 1 fully saturated rings. The van der Waals surface area contributed by atoms with E-state index in [9.17, 15) is 0 Å². The Morgan fingerprint density at radius 3 is 2.79 bits per heavy atom. The van der Waals surface area contributed by atoms with Gasteiger partial charge in [-0.2, -0.15) is 4.37 Å². The SMILES string of the molecule is CCc1nsc(N(Cc2ccccc2N)C2CC2)n1. The summed E-state index contributed by atoms with van der Waals surface area (Å²) in [6, 6.07) is 8.66. The largest absolute Gasteiger partial charge is 0.398 e. The molecule has 5 heteroatoms. The van der Waals surface area contributed by atoms with E-state index in [2.05, 4.69) is 27.2 Å². The van der Waals surface area contributed by atoms with Gasteiger partial charge in [-0.05, 0) is 24.5 Å². The van der Waals surface area contributed by atoms with Crippen LogP contribution in [0, 0.1) is 0 Å². The number of aryl methyl sites for hydroxylation is 1. The highest BCUT2D eigenvalue weighted by atomic mass is 32.1. The summed E-state index contributed by atoms with van der Waals surface area (Å²) in [6.45, 7) is 2.91. The van der Waals surface area contributed by atoms with Crippen molar-refractivity contribution in [1.82, 2.24) is 9.36 Å². The first-order chi connectivity index (χ1) is 9.28. The van der Waals surface area contributed by atoms with E-state index in [0.717, 1.165) is 29.6 Å². The number of nitrogens with zero attached hydrogens (tertiary/aromatic N) is 3. The molecule has 1 aliphatic carbocycles. The highest BCUT2D eigenvalue weighted by Gasteiger charge is 2.31. The number of rotatable bonds is 5. The van der Waals surface area contributed by atoms with Gasteiger partial charge in [-0.1, -0.05) is 25.1 Å². The van der Waals surface area contributed by atoms with Gasteiger partial charge in [0.25, 0.3) is 0 Å². The van der Waals surface area contributed by atoms with Crippen molar-refractivity contribution in [3.8, 4) is 0 Å². The quantitative estimate of drug-likeness (QED) is 0.852. The maximum atomic E-state index is 6.04. The van der Waals surface area contributed by atoms with Crippen LogP contribution in [0.3, 0.4) is 0 Å². The fourth-order valence-corrected chi connectivity index (χ4v) is 2.93. The van der Waals surface area contributed by atoms with Crippen LogP contribution in [0.5, 0.6) is 0 Å². The molecule has 0 atom stereocenters. The van der Waals surface area contributed by atoms with E-state index in [-0.39, 0.29) is 0 Å². The molecule has 0 spiro atoms. The monoisotopic (exact) mass is 274 g/mol. The molecule has 1 aromatic heterocycles.